The number of nitrogens with one attached hydrogen (secondary N) is 1. The molecule has 6 nitrogen and oxygen atoms in total. The van der Waals surface area contributed by atoms with Gasteiger partial charge < -0.3 is 5.32 Å². The summed E-state index contributed by atoms with van der Waals surface area (Å²) < 4.78 is 1.05. The Labute approximate surface area is 159 Å². The predicted octanol–water partition coefficient (Wildman–Crippen LogP) is 2.81. The van der Waals surface area contributed by atoms with Gasteiger partial charge in [0.05, 0.1) is 11.7 Å². The summed E-state index contributed by atoms with van der Waals surface area (Å²) in [5.74, 6) is 0.269. The van der Waals surface area contributed by atoms with E-state index >= 15 is 0 Å². The van der Waals surface area contributed by atoms with Gasteiger partial charge in [0.2, 0.25) is 5.91 Å². The minimum atomic E-state index is -0.540. The topological polar surface area (TPSA) is 87.8 Å². The molecule has 0 saturated heterocycles. The number of nitriles is 1. The quantitative estimate of drug-likeness (QED) is 0.851. The van der Waals surface area contributed by atoms with E-state index in [-0.39, 0.29) is 24.1 Å². The van der Waals surface area contributed by atoms with Crippen molar-refractivity contribution < 1.29 is 4.79 Å². The van der Waals surface area contributed by atoms with E-state index in [1.807, 2.05) is 25.1 Å². The molecule has 1 atom stereocenters. The van der Waals surface area contributed by atoms with Crippen molar-refractivity contribution in [2.45, 2.75) is 53.6 Å². The van der Waals surface area contributed by atoms with E-state index < -0.39 is 5.56 Å². The van der Waals surface area contributed by atoms with E-state index in [2.05, 4.69) is 36.4 Å². The molecule has 0 bridgehead atoms. The first-order valence-corrected chi connectivity index (χ1v) is 9.09. The average molecular weight is 366 g/mol. The van der Waals surface area contributed by atoms with Crippen LogP contribution in [-0.2, 0) is 17.8 Å². The van der Waals surface area contributed by atoms with Crippen LogP contribution in [0, 0.1) is 31.1 Å². The van der Waals surface area contributed by atoms with Crippen molar-refractivity contribution in [1.82, 2.24) is 15.1 Å². The lowest BCUT2D eigenvalue weighted by molar-refractivity contribution is -0.122. The number of benzene rings is 1. The zero-order chi connectivity index (χ0) is 20.1. The molecule has 0 aliphatic carbocycles. The second-order valence-electron chi connectivity index (χ2n) is 7.29. The van der Waals surface area contributed by atoms with Gasteiger partial charge in [0, 0.05) is 0 Å². The molecule has 1 amide bonds. The number of amides is 1. The zero-order valence-corrected chi connectivity index (χ0v) is 16.5. The SMILES string of the molecule is Cc1nn(CC(=O)N[C@@H](C)c2ccc(CC(C)C)cc2)c(=O)c(C#N)c1C. The van der Waals surface area contributed by atoms with Crippen LogP contribution in [0.4, 0.5) is 0 Å². The molecule has 0 aliphatic heterocycles. The molecule has 1 N–H and O–H groups in total. The highest BCUT2D eigenvalue weighted by Gasteiger charge is 2.15. The van der Waals surface area contributed by atoms with Gasteiger partial charge in [-0.05, 0) is 49.8 Å². The lowest BCUT2D eigenvalue weighted by Crippen LogP contribution is -2.36. The average Bonchev–Trinajstić information content (AvgIpc) is 2.60. The zero-order valence-electron chi connectivity index (χ0n) is 16.5. The van der Waals surface area contributed by atoms with E-state index in [1.165, 1.54) is 5.56 Å². The molecule has 27 heavy (non-hydrogen) atoms. The van der Waals surface area contributed by atoms with E-state index in [9.17, 15) is 9.59 Å². The fourth-order valence-corrected chi connectivity index (χ4v) is 2.93. The fourth-order valence-electron chi connectivity index (χ4n) is 2.93. The Kier molecular flexibility index (Phi) is 6.51. The van der Waals surface area contributed by atoms with Crippen molar-refractivity contribution in [2.24, 2.45) is 5.92 Å². The number of carbonyl (C=O) groups is 1. The summed E-state index contributed by atoms with van der Waals surface area (Å²) in [6.07, 6.45) is 1.02. The van der Waals surface area contributed by atoms with E-state index in [4.69, 9.17) is 5.26 Å². The van der Waals surface area contributed by atoms with Crippen LogP contribution in [0.2, 0.25) is 0 Å². The van der Waals surface area contributed by atoms with Crippen LogP contribution >= 0.6 is 0 Å². The summed E-state index contributed by atoms with van der Waals surface area (Å²) in [4.78, 5) is 24.7. The van der Waals surface area contributed by atoms with Gasteiger partial charge in [-0.2, -0.15) is 10.4 Å². The van der Waals surface area contributed by atoms with Crippen LogP contribution in [0.15, 0.2) is 29.1 Å². The molecule has 0 fully saturated rings. The van der Waals surface area contributed by atoms with Crippen LogP contribution in [0.3, 0.4) is 0 Å². The molecule has 0 radical (unpaired) electrons. The first kappa shape index (κ1) is 20.4. The van der Waals surface area contributed by atoms with E-state index in [0.29, 0.717) is 17.2 Å². The number of aromatic nitrogens is 2. The van der Waals surface area contributed by atoms with Crippen LogP contribution in [-0.4, -0.2) is 15.7 Å². The van der Waals surface area contributed by atoms with Crippen molar-refractivity contribution in [1.29, 1.82) is 5.26 Å². The smallest absolute Gasteiger partial charge is 0.285 e. The molecule has 0 aliphatic rings. The van der Waals surface area contributed by atoms with Crippen molar-refractivity contribution in [3.05, 3.63) is 62.6 Å². The minimum absolute atomic E-state index is 0.0316. The molecule has 0 spiro atoms. The molecular formula is C21H26N4O2. The third-order valence-electron chi connectivity index (χ3n) is 4.54. The molecule has 2 rings (SSSR count). The number of hydrogen-bond donors (Lipinski definition) is 1. The first-order chi connectivity index (χ1) is 12.7. The van der Waals surface area contributed by atoms with Gasteiger partial charge in [-0.25, -0.2) is 4.68 Å². The summed E-state index contributed by atoms with van der Waals surface area (Å²) in [6, 6.07) is 9.88. The summed E-state index contributed by atoms with van der Waals surface area (Å²) in [5.41, 5.74) is 2.86. The molecule has 1 aromatic carbocycles. The Morgan fingerprint density at radius 2 is 1.85 bits per heavy atom. The Balaban J connectivity index is 2.09. The van der Waals surface area contributed by atoms with Gasteiger partial charge in [-0.3, -0.25) is 9.59 Å². The number of carbonyl (C=O) groups excluding carboxylic acids is 1. The summed E-state index contributed by atoms with van der Waals surface area (Å²) >= 11 is 0. The van der Waals surface area contributed by atoms with Crippen molar-refractivity contribution >= 4 is 5.91 Å². The van der Waals surface area contributed by atoms with Gasteiger partial charge in [0.25, 0.3) is 5.56 Å². The van der Waals surface area contributed by atoms with Crippen LogP contribution in [0.1, 0.15) is 54.8 Å². The highest BCUT2D eigenvalue weighted by molar-refractivity contribution is 5.76. The second kappa shape index (κ2) is 8.63. The van der Waals surface area contributed by atoms with Crippen molar-refractivity contribution in [3.8, 4) is 6.07 Å². The second-order valence-corrected chi connectivity index (χ2v) is 7.29. The Morgan fingerprint density at radius 1 is 1.22 bits per heavy atom. The molecule has 1 heterocycles. The largest absolute Gasteiger partial charge is 0.348 e. The Hall–Kier alpha value is -2.94. The third kappa shape index (κ3) is 5.04. The van der Waals surface area contributed by atoms with Gasteiger partial charge in [-0.15, -0.1) is 0 Å². The fraction of sp³-hybridized carbons (Fsp3) is 0.429. The van der Waals surface area contributed by atoms with Crippen molar-refractivity contribution in [2.75, 3.05) is 0 Å². The minimum Gasteiger partial charge on any atom is -0.348 e. The standard InChI is InChI=1S/C21H26N4O2/c1-13(2)10-17-6-8-18(9-7-17)16(5)23-20(26)12-25-21(27)19(11-22)14(3)15(4)24-25/h6-9,13,16H,10,12H2,1-5H3,(H,23,26)/t16-/m0/s1. The third-order valence-corrected chi connectivity index (χ3v) is 4.54. The lowest BCUT2D eigenvalue weighted by Gasteiger charge is -2.16. The number of nitrogens with zero attached hydrogens (tertiary/aromatic N) is 3. The number of hydrogen-bond acceptors (Lipinski definition) is 4. The molecule has 142 valence electrons. The molecule has 0 saturated carbocycles. The Bertz CT molecular complexity index is 921. The molecule has 6 heteroatoms. The summed E-state index contributed by atoms with van der Waals surface area (Å²) in [5, 5.41) is 16.2. The molecule has 1 aromatic heterocycles. The molecular weight excluding hydrogens is 340 g/mol. The number of rotatable bonds is 6. The maximum atomic E-state index is 12.4. The Morgan fingerprint density at radius 3 is 2.41 bits per heavy atom. The molecule has 0 unspecified atom stereocenters. The highest BCUT2D eigenvalue weighted by Crippen LogP contribution is 2.15. The molecule has 2 aromatic rings. The van der Waals surface area contributed by atoms with Crippen LogP contribution in [0.5, 0.6) is 0 Å². The van der Waals surface area contributed by atoms with Gasteiger partial charge in [-0.1, -0.05) is 38.1 Å². The predicted molar refractivity (Wildman–Crippen MR) is 104 cm³/mol. The van der Waals surface area contributed by atoms with Crippen LogP contribution in [0.25, 0.3) is 0 Å². The van der Waals surface area contributed by atoms with Crippen molar-refractivity contribution in [3.63, 3.8) is 0 Å². The van der Waals surface area contributed by atoms with Gasteiger partial charge in [0.1, 0.15) is 18.2 Å². The number of aryl methyl sites for hydroxylation is 1. The van der Waals surface area contributed by atoms with E-state index in [0.717, 1.165) is 16.7 Å². The first-order valence-electron chi connectivity index (χ1n) is 9.09. The summed E-state index contributed by atoms with van der Waals surface area (Å²) in [7, 11) is 0. The van der Waals surface area contributed by atoms with Gasteiger partial charge >= 0.3 is 0 Å². The monoisotopic (exact) mass is 366 g/mol. The highest BCUT2D eigenvalue weighted by atomic mass is 16.2. The summed E-state index contributed by atoms with van der Waals surface area (Å²) in [6.45, 7) is 9.43. The lowest BCUT2D eigenvalue weighted by atomic mass is 10.00. The van der Waals surface area contributed by atoms with Crippen LogP contribution < -0.4 is 10.9 Å². The normalized spacial score (nSPS) is 11.9. The maximum Gasteiger partial charge on any atom is 0.285 e. The van der Waals surface area contributed by atoms with E-state index in [1.54, 1.807) is 13.8 Å². The maximum absolute atomic E-state index is 12.4. The van der Waals surface area contributed by atoms with Gasteiger partial charge in [0.15, 0.2) is 0 Å².